The zero-order valence-electron chi connectivity index (χ0n) is 16.1. The molecule has 0 radical (unpaired) electrons. The first kappa shape index (κ1) is 19.8. The third kappa shape index (κ3) is 4.55. The standard InChI is InChI=1S/C20H23F3N4O2/c1-13-17(18(29-25-13)20(21,22)23)19(28)24-15-3-2-4-16(11-15)27-9-7-26(8-10-27)12-14-5-6-14/h2-4,11,14H,5-10,12H2,1H3,(H,24,28). The van der Waals surface area contributed by atoms with Gasteiger partial charge in [0.2, 0.25) is 0 Å². The number of hydrogen-bond acceptors (Lipinski definition) is 5. The summed E-state index contributed by atoms with van der Waals surface area (Å²) in [5, 5.41) is 5.84. The van der Waals surface area contributed by atoms with Crippen LogP contribution >= 0.6 is 0 Å². The Morgan fingerprint density at radius 3 is 2.62 bits per heavy atom. The Labute approximate surface area is 166 Å². The number of amides is 1. The lowest BCUT2D eigenvalue weighted by atomic mass is 10.1. The minimum Gasteiger partial charge on any atom is -0.369 e. The lowest BCUT2D eigenvalue weighted by molar-refractivity contribution is -0.155. The SMILES string of the molecule is Cc1noc(C(F)(F)F)c1C(=O)Nc1cccc(N2CCN(CC3CC3)CC2)c1. The van der Waals surface area contributed by atoms with E-state index in [0.29, 0.717) is 5.69 Å². The Kier molecular flexibility index (Phi) is 5.24. The Hall–Kier alpha value is -2.55. The number of benzene rings is 1. The van der Waals surface area contributed by atoms with Crippen molar-refractivity contribution in [1.82, 2.24) is 10.1 Å². The van der Waals surface area contributed by atoms with Crippen LogP contribution in [0.4, 0.5) is 24.5 Å². The van der Waals surface area contributed by atoms with Gasteiger partial charge in [-0.2, -0.15) is 13.2 Å². The highest BCUT2D eigenvalue weighted by molar-refractivity contribution is 6.06. The summed E-state index contributed by atoms with van der Waals surface area (Å²) >= 11 is 0. The van der Waals surface area contributed by atoms with E-state index in [1.807, 2.05) is 6.07 Å². The molecule has 1 aliphatic carbocycles. The second kappa shape index (κ2) is 7.70. The van der Waals surface area contributed by atoms with E-state index in [2.05, 4.69) is 24.8 Å². The van der Waals surface area contributed by atoms with Gasteiger partial charge in [-0.05, 0) is 43.9 Å². The molecule has 2 aliphatic rings. The van der Waals surface area contributed by atoms with Gasteiger partial charge in [-0.25, -0.2) is 0 Å². The minimum absolute atomic E-state index is 0.0993. The second-order valence-electron chi connectivity index (χ2n) is 7.71. The molecule has 1 aliphatic heterocycles. The highest BCUT2D eigenvalue weighted by Crippen LogP contribution is 2.34. The molecule has 1 saturated heterocycles. The van der Waals surface area contributed by atoms with Crippen molar-refractivity contribution in [2.45, 2.75) is 25.9 Å². The number of alkyl halides is 3. The molecule has 4 rings (SSSR count). The van der Waals surface area contributed by atoms with Crippen LogP contribution in [0.3, 0.4) is 0 Å². The fraction of sp³-hybridized carbons (Fsp3) is 0.500. The first-order valence-corrected chi connectivity index (χ1v) is 9.73. The van der Waals surface area contributed by atoms with Crippen LogP contribution in [0.2, 0.25) is 0 Å². The molecule has 0 unspecified atom stereocenters. The number of aryl methyl sites for hydroxylation is 1. The predicted octanol–water partition coefficient (Wildman–Crippen LogP) is 3.79. The summed E-state index contributed by atoms with van der Waals surface area (Å²) in [4.78, 5) is 17.2. The molecule has 2 aromatic rings. The molecule has 1 aromatic carbocycles. The maximum Gasteiger partial charge on any atom is 0.453 e. The first-order valence-electron chi connectivity index (χ1n) is 9.73. The van der Waals surface area contributed by atoms with Crippen LogP contribution in [-0.4, -0.2) is 48.7 Å². The number of nitrogens with one attached hydrogen (secondary N) is 1. The van der Waals surface area contributed by atoms with E-state index in [1.165, 1.54) is 26.3 Å². The smallest absolute Gasteiger partial charge is 0.369 e. The number of hydrogen-bond donors (Lipinski definition) is 1. The number of carbonyl (C=O) groups is 1. The molecule has 1 aromatic heterocycles. The third-order valence-corrected chi connectivity index (χ3v) is 5.40. The van der Waals surface area contributed by atoms with Crippen LogP contribution in [-0.2, 0) is 6.18 Å². The Morgan fingerprint density at radius 2 is 1.97 bits per heavy atom. The van der Waals surface area contributed by atoms with E-state index >= 15 is 0 Å². The van der Waals surface area contributed by atoms with Gasteiger partial charge in [-0.3, -0.25) is 9.69 Å². The number of aromatic nitrogens is 1. The zero-order chi connectivity index (χ0) is 20.6. The normalized spacial score (nSPS) is 18.1. The summed E-state index contributed by atoms with van der Waals surface area (Å²) in [7, 11) is 0. The lowest BCUT2D eigenvalue weighted by Crippen LogP contribution is -2.47. The fourth-order valence-corrected chi connectivity index (χ4v) is 3.66. The van der Waals surface area contributed by atoms with Crippen LogP contribution in [0, 0.1) is 12.8 Å². The molecule has 1 N–H and O–H groups in total. The average molecular weight is 408 g/mol. The Morgan fingerprint density at radius 1 is 1.24 bits per heavy atom. The van der Waals surface area contributed by atoms with E-state index < -0.39 is 23.4 Å². The number of nitrogens with zero attached hydrogens (tertiary/aromatic N) is 3. The van der Waals surface area contributed by atoms with Gasteiger partial charge in [0.1, 0.15) is 5.56 Å². The summed E-state index contributed by atoms with van der Waals surface area (Å²) in [6.07, 6.45) is -2.11. The van der Waals surface area contributed by atoms with Crippen LogP contribution in [0.5, 0.6) is 0 Å². The van der Waals surface area contributed by atoms with E-state index in [1.54, 1.807) is 18.2 Å². The van der Waals surface area contributed by atoms with Crippen LogP contribution in [0.1, 0.15) is 34.7 Å². The van der Waals surface area contributed by atoms with Gasteiger partial charge in [-0.1, -0.05) is 11.2 Å². The third-order valence-electron chi connectivity index (χ3n) is 5.40. The number of rotatable bonds is 5. The molecular weight excluding hydrogens is 385 g/mol. The van der Waals surface area contributed by atoms with Crippen molar-refractivity contribution in [3.8, 4) is 0 Å². The number of piperazine rings is 1. The van der Waals surface area contributed by atoms with Crippen LogP contribution < -0.4 is 10.2 Å². The predicted molar refractivity (Wildman–Crippen MR) is 102 cm³/mol. The molecule has 156 valence electrons. The number of carbonyl (C=O) groups excluding carboxylic acids is 1. The summed E-state index contributed by atoms with van der Waals surface area (Å²) in [5.74, 6) is -1.40. The zero-order valence-corrected chi connectivity index (χ0v) is 16.1. The van der Waals surface area contributed by atoms with Crippen molar-refractivity contribution in [2.75, 3.05) is 42.9 Å². The van der Waals surface area contributed by atoms with Crippen molar-refractivity contribution in [3.05, 3.63) is 41.3 Å². The van der Waals surface area contributed by atoms with Gasteiger partial charge >= 0.3 is 6.18 Å². The molecule has 29 heavy (non-hydrogen) atoms. The summed E-state index contributed by atoms with van der Waals surface area (Å²) in [5.41, 5.74) is 0.683. The van der Waals surface area contributed by atoms with Crippen molar-refractivity contribution in [2.24, 2.45) is 5.92 Å². The van der Waals surface area contributed by atoms with Gasteiger partial charge < -0.3 is 14.7 Å². The number of halogens is 3. The lowest BCUT2D eigenvalue weighted by Gasteiger charge is -2.36. The second-order valence-corrected chi connectivity index (χ2v) is 7.71. The summed E-state index contributed by atoms with van der Waals surface area (Å²) in [6, 6.07) is 7.16. The molecule has 9 heteroatoms. The number of anilines is 2. The molecule has 1 saturated carbocycles. The summed E-state index contributed by atoms with van der Waals surface area (Å²) in [6.45, 7) is 6.22. The molecule has 2 heterocycles. The quantitative estimate of drug-likeness (QED) is 0.816. The molecule has 1 amide bonds. The molecule has 6 nitrogen and oxygen atoms in total. The van der Waals surface area contributed by atoms with Gasteiger partial charge in [0, 0.05) is 44.1 Å². The van der Waals surface area contributed by atoms with Crippen molar-refractivity contribution in [1.29, 1.82) is 0 Å². The highest BCUT2D eigenvalue weighted by atomic mass is 19.4. The van der Waals surface area contributed by atoms with Crippen molar-refractivity contribution < 1.29 is 22.5 Å². The van der Waals surface area contributed by atoms with Gasteiger partial charge in [-0.15, -0.1) is 0 Å². The molecule has 0 atom stereocenters. The maximum atomic E-state index is 13.1. The first-order chi connectivity index (χ1) is 13.8. The van der Waals surface area contributed by atoms with Gasteiger partial charge in [0.15, 0.2) is 0 Å². The minimum atomic E-state index is -4.78. The Bertz CT molecular complexity index is 884. The highest BCUT2D eigenvalue weighted by Gasteiger charge is 2.42. The fourth-order valence-electron chi connectivity index (χ4n) is 3.66. The van der Waals surface area contributed by atoms with Crippen molar-refractivity contribution in [3.63, 3.8) is 0 Å². The van der Waals surface area contributed by atoms with Crippen LogP contribution in [0.25, 0.3) is 0 Å². The molecule has 2 fully saturated rings. The van der Waals surface area contributed by atoms with Crippen LogP contribution in [0.15, 0.2) is 28.8 Å². The van der Waals surface area contributed by atoms with Gasteiger partial charge in [0.05, 0.1) is 5.69 Å². The van der Waals surface area contributed by atoms with Crippen molar-refractivity contribution >= 4 is 17.3 Å². The average Bonchev–Trinajstić information content (AvgIpc) is 3.39. The van der Waals surface area contributed by atoms with E-state index in [0.717, 1.165) is 37.8 Å². The van der Waals surface area contributed by atoms with Gasteiger partial charge in [0.25, 0.3) is 11.7 Å². The monoisotopic (exact) mass is 408 g/mol. The van der Waals surface area contributed by atoms with E-state index in [9.17, 15) is 18.0 Å². The maximum absolute atomic E-state index is 13.1. The van der Waals surface area contributed by atoms with E-state index in [-0.39, 0.29) is 5.69 Å². The largest absolute Gasteiger partial charge is 0.453 e. The molecule has 0 spiro atoms. The Balaban J connectivity index is 1.43. The topological polar surface area (TPSA) is 61.6 Å². The summed E-state index contributed by atoms with van der Waals surface area (Å²) < 4.78 is 43.5. The molecule has 0 bridgehead atoms. The van der Waals surface area contributed by atoms with E-state index in [4.69, 9.17) is 0 Å². The molecular formula is C20H23F3N4O2.